The number of methoxy groups -OCH3 is 1. The Balaban J connectivity index is 0.000000738. The third kappa shape index (κ3) is 11.4. The van der Waals surface area contributed by atoms with Crippen molar-refractivity contribution in [3.63, 3.8) is 0 Å². The molecule has 1 aromatic heterocycles. The van der Waals surface area contributed by atoms with Gasteiger partial charge in [-0.3, -0.25) is 14.2 Å². The molecule has 0 spiro atoms. The second kappa shape index (κ2) is 21.1. The molecule has 5 aromatic rings. The summed E-state index contributed by atoms with van der Waals surface area (Å²) in [5.41, 5.74) is 10.7. The smallest absolute Gasteiger partial charge is 0.343 e. The number of ether oxygens (including phenoxy) is 4. The topological polar surface area (TPSA) is 226 Å². The van der Waals surface area contributed by atoms with E-state index in [-0.39, 0.29) is 35.5 Å². The lowest BCUT2D eigenvalue weighted by molar-refractivity contribution is -0.763. The number of rotatable bonds is 16. The van der Waals surface area contributed by atoms with Gasteiger partial charge in [0.1, 0.15) is 6.61 Å². The number of fused-ring (bicyclic) bond motifs is 1. The average molecular weight is 810 g/mol. The Labute approximate surface area is 340 Å². The Hall–Kier alpha value is -6.85. The van der Waals surface area contributed by atoms with Gasteiger partial charge in [0.2, 0.25) is 6.29 Å². The predicted molar refractivity (Wildman–Crippen MR) is 217 cm³/mol. The van der Waals surface area contributed by atoms with Gasteiger partial charge in [0, 0.05) is 25.2 Å². The summed E-state index contributed by atoms with van der Waals surface area (Å²) in [4.78, 5) is 56.6. The molecule has 6 rings (SSSR count). The van der Waals surface area contributed by atoms with Crippen LogP contribution in [0.15, 0.2) is 96.1 Å². The van der Waals surface area contributed by atoms with Crippen LogP contribution in [0.1, 0.15) is 83.4 Å². The number of carbonyl (C=O) groups is 3. The number of aromatic nitrogens is 2. The Kier molecular flexibility index (Phi) is 15.4. The molecule has 17 nitrogen and oxygen atoms in total. The van der Waals surface area contributed by atoms with Gasteiger partial charge in [0.05, 0.1) is 35.9 Å². The van der Waals surface area contributed by atoms with Crippen LogP contribution in [-0.4, -0.2) is 70.1 Å². The molecule has 1 aliphatic rings. The Morgan fingerprint density at radius 1 is 0.983 bits per heavy atom. The van der Waals surface area contributed by atoms with Crippen LogP contribution in [0.3, 0.4) is 0 Å². The average Bonchev–Trinajstić information content (AvgIpc) is 3.60. The Morgan fingerprint density at radius 3 is 2.32 bits per heavy atom. The van der Waals surface area contributed by atoms with Crippen molar-refractivity contribution in [1.82, 2.24) is 14.7 Å². The van der Waals surface area contributed by atoms with E-state index in [0.29, 0.717) is 46.0 Å². The molecule has 0 radical (unpaired) electrons. The van der Waals surface area contributed by atoms with Crippen molar-refractivity contribution in [1.29, 1.82) is 0 Å². The summed E-state index contributed by atoms with van der Waals surface area (Å²) in [5, 5.41) is 14.4. The first-order chi connectivity index (χ1) is 28.5. The van der Waals surface area contributed by atoms with Crippen molar-refractivity contribution in [2.75, 3.05) is 13.7 Å². The van der Waals surface area contributed by atoms with Gasteiger partial charge in [0.15, 0.2) is 5.84 Å². The predicted octanol–water partition coefficient (Wildman–Crippen LogP) is 6.14. The summed E-state index contributed by atoms with van der Waals surface area (Å²) in [5.74, 6) is 4.50. The monoisotopic (exact) mass is 809 g/mol. The van der Waals surface area contributed by atoms with E-state index in [1.165, 1.54) is 51.2 Å². The molecule has 1 atom stereocenters. The molecule has 0 saturated heterocycles. The Bertz CT molecular complexity index is 2250. The lowest BCUT2D eigenvalue weighted by Gasteiger charge is -2.19. The third-order valence-electron chi connectivity index (χ3n) is 9.44. The fourth-order valence-electron chi connectivity index (χ4n) is 6.58. The molecule has 1 unspecified atom stereocenters. The number of nitrogens with zero attached hydrogens (tertiary/aromatic N) is 5. The van der Waals surface area contributed by atoms with E-state index in [1.807, 2.05) is 50.4 Å². The number of carbonyl (C=O) groups excluding carboxylic acids is 3. The summed E-state index contributed by atoms with van der Waals surface area (Å²) in [7, 11) is 1.82. The van der Waals surface area contributed by atoms with E-state index in [4.69, 9.17) is 30.5 Å². The quantitative estimate of drug-likeness (QED) is 0.0132. The second-order valence-corrected chi connectivity index (χ2v) is 13.3. The van der Waals surface area contributed by atoms with E-state index >= 15 is 0 Å². The number of esters is 1. The van der Waals surface area contributed by atoms with Crippen LogP contribution in [0.2, 0.25) is 0 Å². The molecule has 4 aromatic carbocycles. The van der Waals surface area contributed by atoms with Crippen LogP contribution in [-0.2, 0) is 37.0 Å². The Morgan fingerprint density at radius 2 is 1.66 bits per heavy atom. The molecule has 1 aliphatic carbocycles. The fraction of sp³-hybridized carbons (Fsp3) is 0.310. The van der Waals surface area contributed by atoms with E-state index in [0.717, 1.165) is 11.1 Å². The highest BCUT2D eigenvalue weighted by Crippen LogP contribution is 2.29. The van der Waals surface area contributed by atoms with Gasteiger partial charge in [-0.15, -0.1) is 15.2 Å². The maximum absolute atomic E-state index is 13.1. The molecular formula is C42H47N7O10. The van der Waals surface area contributed by atoms with Crippen molar-refractivity contribution in [2.45, 2.75) is 71.5 Å². The second-order valence-electron chi connectivity index (χ2n) is 13.3. The zero-order valence-corrected chi connectivity index (χ0v) is 33.0. The molecule has 1 saturated carbocycles. The number of hydrogen-bond acceptors (Lipinski definition) is 13. The van der Waals surface area contributed by atoms with Crippen LogP contribution >= 0.6 is 0 Å². The molecule has 0 aliphatic heterocycles. The molecule has 17 heteroatoms. The highest BCUT2D eigenvalue weighted by atomic mass is 16.9. The number of amides is 1. The SMILES string of the molecule is CCOc1nc2cccc(C(=O)OC(C)OC=O)c2n1Cc1ccc(-c2ccccc2/C(N)=N/N(N)C(=O)c2ccccc2CO[N+](=O)[O-])cc1.COC1CCCCC1. The van der Waals surface area contributed by atoms with Crippen molar-refractivity contribution in [3.05, 3.63) is 129 Å². The number of hydrazone groups is 1. The lowest BCUT2D eigenvalue weighted by Crippen LogP contribution is -2.36. The number of benzene rings is 4. The van der Waals surface area contributed by atoms with E-state index < -0.39 is 29.9 Å². The zero-order chi connectivity index (χ0) is 42.3. The minimum Gasteiger partial charge on any atom is -0.465 e. The maximum Gasteiger partial charge on any atom is 0.343 e. The molecular weight excluding hydrogens is 763 g/mol. The molecule has 1 fully saturated rings. The van der Waals surface area contributed by atoms with Crippen LogP contribution in [0.4, 0.5) is 0 Å². The van der Waals surface area contributed by atoms with Crippen LogP contribution in [0, 0.1) is 10.1 Å². The first kappa shape index (κ1) is 43.3. The highest BCUT2D eigenvalue weighted by molar-refractivity contribution is 6.05. The summed E-state index contributed by atoms with van der Waals surface area (Å²) >= 11 is 0. The summed E-state index contributed by atoms with van der Waals surface area (Å²) in [6, 6.07) is 26.2. The largest absolute Gasteiger partial charge is 0.465 e. The molecule has 310 valence electrons. The van der Waals surface area contributed by atoms with Gasteiger partial charge in [0.25, 0.3) is 23.5 Å². The van der Waals surface area contributed by atoms with Crippen molar-refractivity contribution < 1.29 is 43.3 Å². The number of para-hydroxylation sites is 1. The van der Waals surface area contributed by atoms with Crippen LogP contribution in [0.5, 0.6) is 6.01 Å². The molecule has 4 N–H and O–H groups in total. The molecule has 1 amide bonds. The summed E-state index contributed by atoms with van der Waals surface area (Å²) in [6.07, 6.45) is 6.24. The van der Waals surface area contributed by atoms with Crippen LogP contribution < -0.4 is 16.3 Å². The van der Waals surface area contributed by atoms with Gasteiger partial charge >= 0.3 is 5.97 Å². The van der Waals surface area contributed by atoms with Gasteiger partial charge in [-0.05, 0) is 60.2 Å². The number of nitrogens with two attached hydrogens (primary N) is 2. The fourth-order valence-corrected chi connectivity index (χ4v) is 6.58. The normalized spacial score (nSPS) is 13.4. The van der Waals surface area contributed by atoms with Gasteiger partial charge in [-0.1, -0.05) is 92.1 Å². The summed E-state index contributed by atoms with van der Waals surface area (Å²) in [6.45, 7) is 3.62. The first-order valence-corrected chi connectivity index (χ1v) is 19.0. The standard InChI is InChI=1S/C35H33N7O9.C7H14O/c1-3-48-35-38-30-14-8-13-29(34(45)51-22(2)49-21-43)31(30)40(35)19-23-15-17-24(18-16-23)26-10-6-7-12-28(26)32(36)39-41(37)33(44)27-11-5-4-9-25(27)20-50-42(46)47;1-8-7-5-3-2-4-6-7/h4-18,21-22H,3,19-20,37H2,1-2H3,(H2,36,39);7H,2-6H2,1H3. The minimum atomic E-state index is -1.09. The van der Waals surface area contributed by atoms with Gasteiger partial charge in [-0.25, -0.2) is 10.6 Å². The maximum atomic E-state index is 13.1. The van der Waals surface area contributed by atoms with E-state index in [1.54, 1.807) is 47.0 Å². The van der Waals surface area contributed by atoms with Gasteiger partial charge in [-0.2, -0.15) is 10.1 Å². The molecule has 1 heterocycles. The van der Waals surface area contributed by atoms with Crippen molar-refractivity contribution >= 4 is 35.2 Å². The first-order valence-electron chi connectivity index (χ1n) is 19.0. The zero-order valence-electron chi connectivity index (χ0n) is 33.0. The number of hydrazine groups is 1. The minimum absolute atomic E-state index is 0.0527. The van der Waals surface area contributed by atoms with Crippen molar-refractivity contribution in [3.8, 4) is 17.1 Å². The van der Waals surface area contributed by atoms with E-state index in [9.17, 15) is 24.5 Å². The number of hydrogen-bond donors (Lipinski definition) is 2. The van der Waals surface area contributed by atoms with Crippen LogP contribution in [0.25, 0.3) is 22.2 Å². The number of amidine groups is 1. The lowest BCUT2D eigenvalue weighted by atomic mass is 9.98. The third-order valence-corrected chi connectivity index (χ3v) is 9.44. The highest BCUT2D eigenvalue weighted by Gasteiger charge is 2.23. The molecule has 0 bridgehead atoms. The summed E-state index contributed by atoms with van der Waals surface area (Å²) < 4.78 is 22.8. The number of imidazole rings is 1. The van der Waals surface area contributed by atoms with Crippen molar-refractivity contribution in [2.24, 2.45) is 16.7 Å². The molecule has 59 heavy (non-hydrogen) atoms. The van der Waals surface area contributed by atoms with E-state index in [2.05, 4.69) is 14.9 Å². The van der Waals surface area contributed by atoms with Gasteiger partial charge < -0.3 is 29.5 Å².